The Hall–Kier alpha value is -3.56. The van der Waals surface area contributed by atoms with Crippen LogP contribution in [-0.2, 0) is 0 Å². The number of nitrogens with zero attached hydrogens (tertiary/aromatic N) is 6. The zero-order chi connectivity index (χ0) is 23.5. The number of aliphatic hydroxyl groups is 1. The predicted molar refractivity (Wildman–Crippen MR) is 128 cm³/mol. The lowest BCUT2D eigenvalue weighted by Crippen LogP contribution is -2.30. The summed E-state index contributed by atoms with van der Waals surface area (Å²) < 4.78 is 5.78. The summed E-state index contributed by atoms with van der Waals surface area (Å²) in [5.74, 6) is 1.18. The molecule has 0 radical (unpaired) electrons. The molecule has 4 aromatic rings. The standard InChI is InChI=1S/C24H29N7O2/c1-15-10-16(2)22(17(3)11-15)31(24-25-12-21-23(26-24)28-29-27-21)18-6-8-20(9-7-18)33-14-19(32)13-30(4)5/h6-12,19,32H,13-14H2,1-5H3,(H,25,26,27,28,29). The molecule has 172 valence electrons. The van der Waals surface area contributed by atoms with Crippen molar-refractivity contribution in [3.8, 4) is 5.75 Å². The smallest absolute Gasteiger partial charge is 0.236 e. The van der Waals surface area contributed by atoms with Gasteiger partial charge in [-0.3, -0.25) is 4.90 Å². The molecule has 9 nitrogen and oxygen atoms in total. The van der Waals surface area contributed by atoms with E-state index in [9.17, 15) is 5.11 Å². The van der Waals surface area contributed by atoms with Gasteiger partial charge < -0.3 is 14.7 Å². The number of ether oxygens (including phenoxy) is 1. The van der Waals surface area contributed by atoms with E-state index in [2.05, 4.69) is 58.3 Å². The maximum atomic E-state index is 10.1. The van der Waals surface area contributed by atoms with Gasteiger partial charge in [-0.25, -0.2) is 4.98 Å². The predicted octanol–water partition coefficient (Wildman–Crippen LogP) is 3.44. The average Bonchev–Trinajstić information content (AvgIpc) is 3.22. The van der Waals surface area contributed by atoms with Crippen LogP contribution >= 0.6 is 0 Å². The van der Waals surface area contributed by atoms with Gasteiger partial charge in [0.1, 0.15) is 24.0 Å². The lowest BCUT2D eigenvalue weighted by Gasteiger charge is -2.27. The van der Waals surface area contributed by atoms with Crippen molar-refractivity contribution in [2.24, 2.45) is 0 Å². The van der Waals surface area contributed by atoms with E-state index in [1.165, 1.54) is 5.56 Å². The van der Waals surface area contributed by atoms with E-state index < -0.39 is 6.10 Å². The van der Waals surface area contributed by atoms with Gasteiger partial charge in [0.15, 0.2) is 0 Å². The number of aromatic nitrogens is 5. The van der Waals surface area contributed by atoms with Crippen LogP contribution in [0.3, 0.4) is 0 Å². The topological polar surface area (TPSA) is 103 Å². The number of aliphatic hydroxyl groups excluding tert-OH is 1. The van der Waals surface area contributed by atoms with Gasteiger partial charge in [0.25, 0.3) is 0 Å². The average molecular weight is 448 g/mol. The molecule has 1 atom stereocenters. The van der Waals surface area contributed by atoms with Crippen LogP contribution in [0.15, 0.2) is 42.6 Å². The van der Waals surface area contributed by atoms with Crippen molar-refractivity contribution in [2.45, 2.75) is 26.9 Å². The fourth-order valence-electron chi connectivity index (χ4n) is 3.98. The highest BCUT2D eigenvalue weighted by Gasteiger charge is 2.21. The molecule has 2 aromatic heterocycles. The summed E-state index contributed by atoms with van der Waals surface area (Å²) in [5.41, 5.74) is 6.43. The Balaban J connectivity index is 1.70. The minimum atomic E-state index is -0.559. The summed E-state index contributed by atoms with van der Waals surface area (Å²) in [7, 11) is 3.83. The number of benzene rings is 2. The quantitative estimate of drug-likeness (QED) is 0.423. The van der Waals surface area contributed by atoms with Crippen LogP contribution in [0.2, 0.25) is 0 Å². The fraction of sp³-hybridized carbons (Fsp3) is 0.333. The van der Waals surface area contributed by atoms with Crippen molar-refractivity contribution in [1.29, 1.82) is 0 Å². The first-order chi connectivity index (χ1) is 15.8. The molecule has 33 heavy (non-hydrogen) atoms. The molecule has 0 amide bonds. The van der Waals surface area contributed by atoms with Crippen molar-refractivity contribution in [1.82, 2.24) is 30.3 Å². The van der Waals surface area contributed by atoms with E-state index in [1.807, 2.05) is 48.2 Å². The minimum absolute atomic E-state index is 0.226. The Morgan fingerprint density at radius 2 is 1.73 bits per heavy atom. The Morgan fingerprint density at radius 1 is 1.03 bits per heavy atom. The maximum Gasteiger partial charge on any atom is 0.236 e. The van der Waals surface area contributed by atoms with Crippen molar-refractivity contribution in [2.75, 3.05) is 32.1 Å². The Kier molecular flexibility index (Phi) is 6.52. The van der Waals surface area contributed by atoms with Crippen LogP contribution in [-0.4, -0.2) is 68.7 Å². The van der Waals surface area contributed by atoms with Gasteiger partial charge in [0.2, 0.25) is 11.6 Å². The molecule has 4 rings (SSSR count). The first-order valence-electron chi connectivity index (χ1n) is 10.8. The first kappa shape index (κ1) is 22.6. The molecular formula is C24H29N7O2. The molecule has 0 bridgehead atoms. The number of hydrogen-bond donors (Lipinski definition) is 2. The van der Waals surface area contributed by atoms with Crippen LogP contribution in [0.1, 0.15) is 16.7 Å². The SMILES string of the molecule is Cc1cc(C)c(N(c2ccc(OCC(O)CN(C)C)cc2)c2ncc3n[nH]nc3n2)c(C)c1. The summed E-state index contributed by atoms with van der Waals surface area (Å²) in [5, 5.41) is 20.8. The molecule has 9 heteroatoms. The Morgan fingerprint density at radius 3 is 2.39 bits per heavy atom. The number of fused-ring (bicyclic) bond motifs is 1. The third kappa shape index (κ3) is 5.10. The highest BCUT2D eigenvalue weighted by Crippen LogP contribution is 2.38. The van der Waals surface area contributed by atoms with Crippen molar-refractivity contribution < 1.29 is 9.84 Å². The molecule has 2 N–H and O–H groups in total. The van der Waals surface area contributed by atoms with Crippen molar-refractivity contribution in [3.05, 3.63) is 59.3 Å². The highest BCUT2D eigenvalue weighted by atomic mass is 16.5. The zero-order valence-electron chi connectivity index (χ0n) is 19.6. The van der Waals surface area contributed by atoms with Gasteiger partial charge >= 0.3 is 0 Å². The number of aromatic amines is 1. The number of anilines is 3. The van der Waals surface area contributed by atoms with E-state index in [4.69, 9.17) is 4.74 Å². The minimum Gasteiger partial charge on any atom is -0.491 e. The second kappa shape index (κ2) is 9.51. The van der Waals surface area contributed by atoms with E-state index in [1.54, 1.807) is 6.20 Å². The summed E-state index contributed by atoms with van der Waals surface area (Å²) in [6, 6.07) is 12.0. The maximum absolute atomic E-state index is 10.1. The number of aryl methyl sites for hydroxylation is 3. The van der Waals surface area contributed by atoms with E-state index in [0.29, 0.717) is 29.4 Å². The lowest BCUT2D eigenvalue weighted by atomic mass is 10.0. The van der Waals surface area contributed by atoms with Gasteiger partial charge in [0, 0.05) is 12.2 Å². The van der Waals surface area contributed by atoms with Crippen LogP contribution in [0, 0.1) is 20.8 Å². The molecule has 1 unspecified atom stereocenters. The van der Waals surface area contributed by atoms with E-state index in [-0.39, 0.29) is 6.61 Å². The molecule has 2 aromatic carbocycles. The van der Waals surface area contributed by atoms with Crippen molar-refractivity contribution in [3.63, 3.8) is 0 Å². The van der Waals surface area contributed by atoms with Crippen LogP contribution in [0.5, 0.6) is 5.75 Å². The highest BCUT2D eigenvalue weighted by molar-refractivity contribution is 5.80. The third-order valence-electron chi connectivity index (χ3n) is 5.24. The summed E-state index contributed by atoms with van der Waals surface area (Å²) in [6.07, 6.45) is 1.10. The normalized spacial score (nSPS) is 12.3. The van der Waals surface area contributed by atoms with Gasteiger partial charge in [-0.05, 0) is 70.3 Å². The molecule has 0 aliphatic heterocycles. The Labute approximate surface area is 193 Å². The third-order valence-corrected chi connectivity index (χ3v) is 5.24. The van der Waals surface area contributed by atoms with Crippen LogP contribution in [0.4, 0.5) is 17.3 Å². The van der Waals surface area contributed by atoms with E-state index >= 15 is 0 Å². The number of rotatable bonds is 8. The number of H-pyrrole nitrogens is 1. The monoisotopic (exact) mass is 447 g/mol. The fourth-order valence-corrected chi connectivity index (χ4v) is 3.98. The second-order valence-electron chi connectivity index (χ2n) is 8.51. The van der Waals surface area contributed by atoms with Crippen LogP contribution < -0.4 is 9.64 Å². The lowest BCUT2D eigenvalue weighted by molar-refractivity contribution is 0.0831. The van der Waals surface area contributed by atoms with Crippen LogP contribution in [0.25, 0.3) is 11.2 Å². The van der Waals surface area contributed by atoms with Gasteiger partial charge in [-0.2, -0.15) is 15.3 Å². The second-order valence-corrected chi connectivity index (χ2v) is 8.51. The summed E-state index contributed by atoms with van der Waals surface area (Å²) >= 11 is 0. The molecule has 0 fully saturated rings. The van der Waals surface area contributed by atoms with Gasteiger partial charge in [-0.15, -0.1) is 5.10 Å². The van der Waals surface area contributed by atoms with Gasteiger partial charge in [-0.1, -0.05) is 17.7 Å². The molecule has 0 aliphatic carbocycles. The molecule has 0 saturated carbocycles. The molecule has 0 spiro atoms. The number of likely N-dealkylation sites (N-methyl/N-ethyl adjacent to an activating group) is 1. The molecule has 0 aliphatic rings. The number of hydrogen-bond acceptors (Lipinski definition) is 8. The Bertz CT molecular complexity index is 1210. The first-order valence-corrected chi connectivity index (χ1v) is 10.8. The molecule has 0 saturated heterocycles. The summed E-state index contributed by atoms with van der Waals surface area (Å²) in [6.45, 7) is 7.02. The zero-order valence-corrected chi connectivity index (χ0v) is 19.6. The largest absolute Gasteiger partial charge is 0.491 e. The number of nitrogens with one attached hydrogen (secondary N) is 1. The molecule has 2 heterocycles. The van der Waals surface area contributed by atoms with E-state index in [0.717, 1.165) is 22.5 Å². The molecular weight excluding hydrogens is 418 g/mol. The van der Waals surface area contributed by atoms with Gasteiger partial charge in [0.05, 0.1) is 11.9 Å². The summed E-state index contributed by atoms with van der Waals surface area (Å²) in [4.78, 5) is 13.2. The van der Waals surface area contributed by atoms with Crippen molar-refractivity contribution >= 4 is 28.5 Å².